The van der Waals surface area contributed by atoms with Crippen LogP contribution in [0, 0.1) is 5.92 Å². The van der Waals surface area contributed by atoms with Gasteiger partial charge in [0.15, 0.2) is 0 Å². The fraction of sp³-hybridized carbons (Fsp3) is 0.516. The number of rotatable bonds is 11. The molecule has 3 heterocycles. The predicted molar refractivity (Wildman–Crippen MR) is 160 cm³/mol. The minimum Gasteiger partial charge on any atom is -0.395 e. The molecule has 0 bridgehead atoms. The highest BCUT2D eigenvalue weighted by Gasteiger charge is 2.50. The lowest BCUT2D eigenvalue weighted by atomic mass is 9.95. The fourth-order valence-electron chi connectivity index (χ4n) is 6.61. The predicted octanol–water partition coefficient (Wildman–Crippen LogP) is 4.31. The minimum absolute atomic E-state index is 0.0276. The average Bonchev–Trinajstić information content (AvgIpc) is 3.56. The van der Waals surface area contributed by atoms with Gasteiger partial charge in [-0.2, -0.15) is 0 Å². The molecule has 2 saturated heterocycles. The first-order chi connectivity index (χ1) is 19.7. The van der Waals surface area contributed by atoms with Crippen molar-refractivity contribution in [2.45, 2.75) is 69.5 Å². The van der Waals surface area contributed by atoms with E-state index in [1.165, 1.54) is 0 Å². The summed E-state index contributed by atoms with van der Waals surface area (Å²) in [7, 11) is -2.99. The van der Waals surface area contributed by atoms with Crippen molar-refractivity contribution in [2.24, 2.45) is 5.92 Å². The van der Waals surface area contributed by atoms with Crippen molar-refractivity contribution in [3.8, 4) is 0 Å². The molecule has 0 saturated carbocycles. The highest BCUT2D eigenvalue weighted by atomic mass is 28.4. The first-order valence-corrected chi connectivity index (χ1v) is 17.7. The van der Waals surface area contributed by atoms with Gasteiger partial charge in [-0.3, -0.25) is 9.48 Å². The molecule has 0 aliphatic carbocycles. The van der Waals surface area contributed by atoms with E-state index in [9.17, 15) is 9.90 Å². The summed E-state index contributed by atoms with van der Waals surface area (Å²) < 4.78 is 24.0. The minimum atomic E-state index is -2.99. The number of carbonyl (C=O) groups is 1. The summed E-state index contributed by atoms with van der Waals surface area (Å²) in [5.74, 6) is -0.0219. The summed E-state index contributed by atoms with van der Waals surface area (Å²) >= 11 is 0. The molecule has 3 aromatic rings. The number of aliphatic hydroxyl groups excluding tert-OH is 1. The zero-order valence-corrected chi connectivity index (χ0v) is 25.2. The third-order valence-electron chi connectivity index (χ3n) is 8.67. The Balaban J connectivity index is 1.22. The Morgan fingerprint density at radius 1 is 1.15 bits per heavy atom. The van der Waals surface area contributed by atoms with Crippen LogP contribution >= 0.6 is 0 Å². The van der Waals surface area contributed by atoms with Crippen LogP contribution in [0.25, 0.3) is 0 Å². The van der Waals surface area contributed by atoms with Crippen molar-refractivity contribution < 1.29 is 18.7 Å². The van der Waals surface area contributed by atoms with Gasteiger partial charge in [0.25, 0.3) is 0 Å². The smallest absolute Gasteiger partial charge is 0.246 e. The third kappa shape index (κ3) is 6.94. The molecule has 1 aromatic heterocycles. The van der Waals surface area contributed by atoms with Gasteiger partial charge in [0, 0.05) is 37.1 Å². The summed E-state index contributed by atoms with van der Waals surface area (Å²) in [4.78, 5) is 14.2. The number of anilines is 1. The number of piperazine rings is 1. The number of carbonyl (C=O) groups excluding carboxylic acids is 1. The van der Waals surface area contributed by atoms with E-state index in [0.29, 0.717) is 26.1 Å². The molecular weight excluding hydrogens is 537 g/mol. The number of nitrogens with zero attached hydrogens (tertiary/aromatic N) is 4. The second-order valence-corrected chi connectivity index (χ2v) is 15.7. The van der Waals surface area contributed by atoms with E-state index >= 15 is 4.11 Å². The molecule has 2 N–H and O–H groups in total. The normalized spacial score (nSPS) is 24.1. The van der Waals surface area contributed by atoms with Crippen LogP contribution in [0.4, 0.5) is 9.80 Å². The maximum absolute atomic E-state index is 15.6. The Bertz CT molecular complexity index is 1300. The largest absolute Gasteiger partial charge is 0.395 e. The molecule has 5 atom stereocenters. The molecule has 2 aliphatic heterocycles. The maximum atomic E-state index is 15.6. The van der Waals surface area contributed by atoms with E-state index in [0.717, 1.165) is 41.9 Å². The number of halogens is 1. The van der Waals surface area contributed by atoms with Crippen molar-refractivity contribution in [3.05, 3.63) is 77.6 Å². The van der Waals surface area contributed by atoms with Gasteiger partial charge in [0.1, 0.15) is 0 Å². The van der Waals surface area contributed by atoms with Crippen LogP contribution in [-0.4, -0.2) is 72.9 Å². The number of nitrogens with one attached hydrogen (secondary N) is 1. The Kier molecular flexibility index (Phi) is 9.33. The quantitative estimate of drug-likeness (QED) is 0.260. The second kappa shape index (κ2) is 12.9. The Morgan fingerprint density at radius 3 is 2.68 bits per heavy atom. The number of ether oxygens (including phenoxy) is 1. The van der Waals surface area contributed by atoms with E-state index < -0.39 is 8.41 Å². The Hall–Kier alpha value is -2.92. The van der Waals surface area contributed by atoms with Crippen LogP contribution in [0.5, 0.6) is 0 Å². The molecule has 2 aromatic carbocycles. The zero-order chi connectivity index (χ0) is 29.0. The first-order valence-electron chi connectivity index (χ1n) is 14.7. The summed E-state index contributed by atoms with van der Waals surface area (Å²) in [6.45, 7) is 8.08. The molecule has 41 heavy (non-hydrogen) atoms. The van der Waals surface area contributed by atoms with Gasteiger partial charge in [0.05, 0.1) is 37.0 Å². The molecule has 0 radical (unpaired) electrons. The number of benzene rings is 2. The highest BCUT2D eigenvalue weighted by molar-refractivity contribution is 6.72. The van der Waals surface area contributed by atoms with Crippen molar-refractivity contribution in [3.63, 3.8) is 0 Å². The molecule has 220 valence electrons. The lowest BCUT2D eigenvalue weighted by Crippen LogP contribution is -2.48. The number of amides is 1. The van der Waals surface area contributed by atoms with Crippen LogP contribution in [0.3, 0.4) is 0 Å². The van der Waals surface area contributed by atoms with Gasteiger partial charge >= 0.3 is 0 Å². The maximum Gasteiger partial charge on any atom is 0.246 e. The monoisotopic (exact) mass is 579 g/mol. The molecule has 8 nitrogen and oxygen atoms in total. The van der Waals surface area contributed by atoms with E-state index in [4.69, 9.17) is 4.74 Å². The van der Waals surface area contributed by atoms with Gasteiger partial charge in [0.2, 0.25) is 14.3 Å². The average molecular weight is 580 g/mol. The molecular formula is C31H42FN5O3Si. The van der Waals surface area contributed by atoms with Crippen LogP contribution in [0.15, 0.2) is 60.8 Å². The summed E-state index contributed by atoms with van der Waals surface area (Å²) in [6, 6.07) is 18.0. The number of aromatic nitrogens is 3. The Labute approximate surface area is 243 Å². The van der Waals surface area contributed by atoms with Crippen molar-refractivity contribution in [2.75, 3.05) is 31.1 Å². The summed E-state index contributed by atoms with van der Waals surface area (Å²) in [5, 5.41) is 21.8. The van der Waals surface area contributed by atoms with E-state index in [1.807, 2.05) is 53.6 Å². The highest BCUT2D eigenvalue weighted by Crippen LogP contribution is 2.47. The second-order valence-electron chi connectivity index (χ2n) is 11.9. The molecule has 0 spiro atoms. The van der Waals surface area contributed by atoms with E-state index in [2.05, 4.69) is 34.7 Å². The van der Waals surface area contributed by atoms with E-state index in [-0.39, 0.29) is 42.1 Å². The molecule has 10 heteroatoms. The zero-order valence-electron chi connectivity index (χ0n) is 24.2. The van der Waals surface area contributed by atoms with Gasteiger partial charge in [-0.15, -0.1) is 5.10 Å². The fourth-order valence-corrected chi connectivity index (χ4v) is 9.21. The van der Waals surface area contributed by atoms with E-state index in [1.54, 1.807) is 17.8 Å². The van der Waals surface area contributed by atoms with Crippen LogP contribution in [0.1, 0.15) is 42.5 Å². The first kappa shape index (κ1) is 29.6. The summed E-state index contributed by atoms with van der Waals surface area (Å²) in [6.07, 6.45) is 3.95. The van der Waals surface area contributed by atoms with Crippen molar-refractivity contribution in [1.82, 2.24) is 20.3 Å². The van der Waals surface area contributed by atoms with Gasteiger partial charge in [-0.05, 0) is 61.5 Å². The van der Waals surface area contributed by atoms with Gasteiger partial charge < -0.3 is 24.2 Å². The van der Waals surface area contributed by atoms with Crippen LogP contribution in [0.2, 0.25) is 18.6 Å². The van der Waals surface area contributed by atoms with Crippen molar-refractivity contribution >= 4 is 20.0 Å². The van der Waals surface area contributed by atoms with Crippen LogP contribution in [-0.2, 0) is 22.5 Å². The van der Waals surface area contributed by atoms with Crippen molar-refractivity contribution in [1.29, 1.82) is 0 Å². The molecule has 2 aliphatic rings. The number of hydrogen-bond donors (Lipinski definition) is 2. The molecule has 1 amide bonds. The number of hydrogen-bond acceptors (Lipinski definition) is 6. The number of aliphatic hydroxyl groups is 1. The lowest BCUT2D eigenvalue weighted by Gasteiger charge is -2.28. The van der Waals surface area contributed by atoms with Gasteiger partial charge in [-0.25, -0.2) is 0 Å². The standard InChI is InChI=1S/C31H42FN5O3Si/c1-22-28(13-12-23-8-7-11-25(18-23)37-17-15-33-19-30(37)39)40-29(31(22)41(2,3)32)14-16-36-20-27(34-35-36)26(21-38)24-9-5-4-6-10-24/h4-11,18,20,22,26,28-29,31,33,38H,12-17,19,21H2,1-3H3/t22-,26?,28+,29-,31+/m0/s1. The SMILES string of the molecule is C[C@@H]1[C@@H]([Si](C)(C)F)[C@H](CCn2cc(C(CO)c3ccccc3)nn2)O[C@@H]1CCc1cccc(N2CCNCC2=O)c1. The molecule has 1 unspecified atom stereocenters. The van der Waals surface area contributed by atoms with Crippen LogP contribution < -0.4 is 10.2 Å². The molecule has 5 rings (SSSR count). The van der Waals surface area contributed by atoms with Gasteiger partial charge in [-0.1, -0.05) is 54.6 Å². The Morgan fingerprint density at radius 2 is 1.95 bits per heavy atom. The lowest BCUT2D eigenvalue weighted by molar-refractivity contribution is -0.118. The molecule has 2 fully saturated rings. The number of aryl methyl sites for hydroxylation is 2. The summed E-state index contributed by atoms with van der Waals surface area (Å²) in [5.41, 5.74) is 3.71. The topological polar surface area (TPSA) is 92.5 Å². The third-order valence-corrected chi connectivity index (χ3v) is 11.1.